The van der Waals surface area contributed by atoms with E-state index in [2.05, 4.69) is 11.9 Å². The summed E-state index contributed by atoms with van der Waals surface area (Å²) in [6.45, 7) is 5.17. The van der Waals surface area contributed by atoms with Gasteiger partial charge in [-0.2, -0.15) is 0 Å². The van der Waals surface area contributed by atoms with E-state index in [-0.39, 0.29) is 5.84 Å². The highest BCUT2D eigenvalue weighted by atomic mass is 14.8. The Bertz CT molecular complexity index is 146. The zero-order valence-electron chi connectivity index (χ0n) is 5.44. The van der Waals surface area contributed by atoms with Crippen molar-refractivity contribution in [2.75, 3.05) is 0 Å². The molecule has 0 radical (unpaired) electrons. The third-order valence-corrected chi connectivity index (χ3v) is 0.843. The fourth-order valence-electron chi connectivity index (χ4n) is 0.262. The zero-order valence-corrected chi connectivity index (χ0v) is 5.44. The van der Waals surface area contributed by atoms with Crippen molar-refractivity contribution in [3.05, 3.63) is 24.6 Å². The van der Waals surface area contributed by atoms with E-state index in [0.29, 0.717) is 5.57 Å². The first-order valence-electron chi connectivity index (χ1n) is 2.56. The molecule has 3 nitrogen and oxygen atoms in total. The van der Waals surface area contributed by atoms with Crippen LogP contribution < -0.4 is 11.1 Å². The molecule has 0 spiro atoms. The van der Waals surface area contributed by atoms with Gasteiger partial charge in [-0.1, -0.05) is 6.58 Å². The van der Waals surface area contributed by atoms with Crippen molar-refractivity contribution < 1.29 is 0 Å². The van der Waals surface area contributed by atoms with Gasteiger partial charge in [-0.3, -0.25) is 5.41 Å². The smallest absolute Gasteiger partial charge is 0.119 e. The van der Waals surface area contributed by atoms with Gasteiger partial charge in [-0.15, -0.1) is 0 Å². The molecule has 3 heteroatoms. The lowest BCUT2D eigenvalue weighted by Gasteiger charge is -1.94. The first-order valence-corrected chi connectivity index (χ1v) is 2.56. The molecule has 0 saturated heterocycles. The van der Waals surface area contributed by atoms with Crippen molar-refractivity contribution in [2.45, 2.75) is 6.92 Å². The number of rotatable bonds is 3. The molecular formula is C6H11N3. The number of amidine groups is 1. The van der Waals surface area contributed by atoms with Crippen molar-refractivity contribution in [1.82, 2.24) is 5.32 Å². The minimum atomic E-state index is 0.0735. The second kappa shape index (κ2) is 3.72. The molecule has 0 aliphatic rings. The summed E-state index contributed by atoms with van der Waals surface area (Å²) >= 11 is 0. The molecule has 0 fully saturated rings. The summed E-state index contributed by atoms with van der Waals surface area (Å²) < 4.78 is 0. The highest BCUT2D eigenvalue weighted by Gasteiger charge is 1.87. The average molecular weight is 125 g/mol. The van der Waals surface area contributed by atoms with Gasteiger partial charge in [-0.05, 0) is 13.1 Å². The van der Waals surface area contributed by atoms with Crippen LogP contribution in [0.3, 0.4) is 0 Å². The summed E-state index contributed by atoms with van der Waals surface area (Å²) in [6, 6.07) is 0. The van der Waals surface area contributed by atoms with Crippen LogP contribution in [0.5, 0.6) is 0 Å². The molecule has 0 aliphatic carbocycles. The standard InChI is InChI=1S/C6H11N3/c1-3-9-4-5(2)6(7)8/h3-4,9H,1H2,2H3,(H3,7,8). The first kappa shape index (κ1) is 7.75. The molecular weight excluding hydrogens is 114 g/mol. The fourth-order valence-corrected chi connectivity index (χ4v) is 0.262. The maximum Gasteiger partial charge on any atom is 0.119 e. The predicted octanol–water partition coefficient (Wildman–Crippen LogP) is 0.559. The molecule has 0 heterocycles. The Morgan fingerprint density at radius 3 is 2.67 bits per heavy atom. The van der Waals surface area contributed by atoms with Crippen LogP contribution in [0.15, 0.2) is 24.6 Å². The first-order chi connectivity index (χ1) is 4.18. The van der Waals surface area contributed by atoms with Crippen LogP contribution in [-0.2, 0) is 0 Å². The molecule has 0 saturated carbocycles. The summed E-state index contributed by atoms with van der Waals surface area (Å²) in [5.74, 6) is 0.0735. The van der Waals surface area contributed by atoms with Gasteiger partial charge < -0.3 is 11.1 Å². The van der Waals surface area contributed by atoms with Crippen LogP contribution in [0.1, 0.15) is 6.92 Å². The summed E-state index contributed by atoms with van der Waals surface area (Å²) in [5, 5.41) is 9.62. The Hall–Kier alpha value is -1.25. The summed E-state index contributed by atoms with van der Waals surface area (Å²) in [4.78, 5) is 0. The van der Waals surface area contributed by atoms with Gasteiger partial charge in [-0.25, -0.2) is 0 Å². The van der Waals surface area contributed by atoms with Crippen LogP contribution in [0.25, 0.3) is 0 Å². The highest BCUT2D eigenvalue weighted by molar-refractivity contribution is 5.93. The van der Waals surface area contributed by atoms with Crippen molar-refractivity contribution in [1.29, 1.82) is 5.41 Å². The van der Waals surface area contributed by atoms with E-state index in [1.165, 1.54) is 6.20 Å². The lowest BCUT2D eigenvalue weighted by Crippen LogP contribution is -2.12. The van der Waals surface area contributed by atoms with Gasteiger partial charge in [0.05, 0.1) is 0 Å². The monoisotopic (exact) mass is 125 g/mol. The average Bonchev–Trinajstić information content (AvgIpc) is 1.82. The second-order valence-corrected chi connectivity index (χ2v) is 1.61. The Morgan fingerprint density at radius 2 is 2.33 bits per heavy atom. The molecule has 0 aromatic heterocycles. The van der Waals surface area contributed by atoms with E-state index >= 15 is 0 Å². The van der Waals surface area contributed by atoms with Gasteiger partial charge in [0.15, 0.2) is 0 Å². The van der Waals surface area contributed by atoms with Crippen molar-refractivity contribution in [3.8, 4) is 0 Å². The van der Waals surface area contributed by atoms with Crippen LogP contribution in [-0.4, -0.2) is 5.84 Å². The molecule has 0 bridgehead atoms. The predicted molar refractivity (Wildman–Crippen MR) is 39.0 cm³/mol. The lowest BCUT2D eigenvalue weighted by atomic mass is 10.3. The van der Waals surface area contributed by atoms with Crippen molar-refractivity contribution in [3.63, 3.8) is 0 Å². The molecule has 4 N–H and O–H groups in total. The van der Waals surface area contributed by atoms with E-state index in [1.54, 1.807) is 13.1 Å². The van der Waals surface area contributed by atoms with Crippen molar-refractivity contribution in [2.24, 2.45) is 5.73 Å². The molecule has 0 rings (SSSR count). The maximum absolute atomic E-state index is 6.91. The molecule has 0 unspecified atom stereocenters. The topological polar surface area (TPSA) is 61.9 Å². The molecule has 9 heavy (non-hydrogen) atoms. The highest BCUT2D eigenvalue weighted by Crippen LogP contribution is 1.85. The van der Waals surface area contributed by atoms with E-state index in [4.69, 9.17) is 11.1 Å². The fraction of sp³-hybridized carbons (Fsp3) is 0.167. The number of hydrogen-bond acceptors (Lipinski definition) is 2. The van der Waals surface area contributed by atoms with Crippen LogP contribution in [0.2, 0.25) is 0 Å². The minimum Gasteiger partial charge on any atom is -0.384 e. The van der Waals surface area contributed by atoms with Crippen molar-refractivity contribution >= 4 is 5.84 Å². The normalized spacial score (nSPS) is 10.6. The summed E-state index contributed by atoms with van der Waals surface area (Å²) in [7, 11) is 0. The Morgan fingerprint density at radius 1 is 1.78 bits per heavy atom. The molecule has 0 amide bonds. The summed E-state index contributed by atoms with van der Waals surface area (Å²) in [6.07, 6.45) is 3.14. The number of hydrogen-bond donors (Lipinski definition) is 3. The van der Waals surface area contributed by atoms with E-state index in [0.717, 1.165) is 0 Å². The number of nitrogens with two attached hydrogens (primary N) is 1. The minimum absolute atomic E-state index is 0.0735. The molecule has 0 atom stereocenters. The van der Waals surface area contributed by atoms with E-state index in [1.807, 2.05) is 0 Å². The summed E-state index contributed by atoms with van der Waals surface area (Å²) in [5.41, 5.74) is 5.82. The van der Waals surface area contributed by atoms with Gasteiger partial charge >= 0.3 is 0 Å². The zero-order chi connectivity index (χ0) is 7.28. The molecule has 0 aromatic rings. The molecule has 0 aromatic carbocycles. The van der Waals surface area contributed by atoms with Crippen LogP contribution >= 0.6 is 0 Å². The second-order valence-electron chi connectivity index (χ2n) is 1.61. The van der Waals surface area contributed by atoms with Gasteiger partial charge in [0.25, 0.3) is 0 Å². The van der Waals surface area contributed by atoms with E-state index < -0.39 is 0 Å². The van der Waals surface area contributed by atoms with E-state index in [9.17, 15) is 0 Å². The number of nitrogens with one attached hydrogen (secondary N) is 2. The molecule has 0 aliphatic heterocycles. The quantitative estimate of drug-likeness (QED) is 0.381. The maximum atomic E-state index is 6.91. The van der Waals surface area contributed by atoms with Crippen LogP contribution in [0, 0.1) is 5.41 Å². The Balaban J connectivity index is 3.83. The van der Waals surface area contributed by atoms with Gasteiger partial charge in [0.2, 0.25) is 0 Å². The lowest BCUT2D eigenvalue weighted by molar-refractivity contribution is 1.17. The Kier molecular flexibility index (Phi) is 3.20. The largest absolute Gasteiger partial charge is 0.384 e. The van der Waals surface area contributed by atoms with Crippen LogP contribution in [0.4, 0.5) is 0 Å². The third kappa shape index (κ3) is 3.34. The SMILES string of the molecule is C=CNC=C(C)C(=N)N. The van der Waals surface area contributed by atoms with Gasteiger partial charge in [0.1, 0.15) is 5.84 Å². The molecule has 50 valence electrons. The van der Waals surface area contributed by atoms with Gasteiger partial charge in [0, 0.05) is 11.8 Å². The third-order valence-electron chi connectivity index (χ3n) is 0.843. The Labute approximate surface area is 54.8 Å².